The lowest BCUT2D eigenvalue weighted by Gasteiger charge is -2.32. The fraction of sp³-hybridized carbons (Fsp3) is 0.545. The van der Waals surface area contributed by atoms with Gasteiger partial charge in [0.15, 0.2) is 0 Å². The van der Waals surface area contributed by atoms with E-state index in [0.717, 1.165) is 35.6 Å². The van der Waals surface area contributed by atoms with Crippen molar-refractivity contribution >= 4 is 29.2 Å². The zero-order valence-corrected chi connectivity index (χ0v) is 19.2. The molecule has 2 aliphatic rings. The van der Waals surface area contributed by atoms with E-state index in [4.69, 9.17) is 4.74 Å². The number of imide groups is 1. The number of piperidine rings is 1. The number of amides is 2. The zero-order chi connectivity index (χ0) is 23.0. The summed E-state index contributed by atoms with van der Waals surface area (Å²) in [5, 5.41) is 9.78. The molecule has 4 rings (SSSR count). The lowest BCUT2D eigenvalue weighted by Crippen LogP contribution is -2.44. The first-order valence-corrected chi connectivity index (χ1v) is 11.5. The molecule has 32 heavy (non-hydrogen) atoms. The number of anilines is 1. The lowest BCUT2D eigenvalue weighted by atomic mass is 9.99. The van der Waals surface area contributed by atoms with Crippen molar-refractivity contribution in [3.05, 3.63) is 28.7 Å². The summed E-state index contributed by atoms with van der Waals surface area (Å²) in [5.41, 5.74) is 0.0686. The van der Waals surface area contributed by atoms with Gasteiger partial charge in [-0.05, 0) is 51.7 Å². The fourth-order valence-electron chi connectivity index (χ4n) is 3.92. The van der Waals surface area contributed by atoms with Crippen molar-refractivity contribution in [3.63, 3.8) is 0 Å². The van der Waals surface area contributed by atoms with E-state index in [1.54, 1.807) is 32.9 Å². The first-order chi connectivity index (χ1) is 15.2. The Morgan fingerprint density at radius 2 is 2.09 bits per heavy atom. The number of carbonyl (C=O) groups is 2. The number of hydrogen-bond acceptors (Lipinski definition) is 8. The number of aromatic nitrogens is 2. The first-order valence-electron chi connectivity index (χ1n) is 10.7. The Bertz CT molecular complexity index is 1040. The number of aliphatic hydroxyl groups is 1. The molecule has 2 aromatic rings. The van der Waals surface area contributed by atoms with Gasteiger partial charge in [-0.25, -0.2) is 19.7 Å². The second-order valence-electron chi connectivity index (χ2n) is 9.13. The molecule has 0 aliphatic carbocycles. The number of rotatable bonds is 3. The summed E-state index contributed by atoms with van der Waals surface area (Å²) in [6, 6.07) is 3.37. The Labute approximate surface area is 190 Å². The second-order valence-corrected chi connectivity index (χ2v) is 10.1. The largest absolute Gasteiger partial charge is 0.443 e. The van der Waals surface area contributed by atoms with Gasteiger partial charge in [-0.2, -0.15) is 4.39 Å². The van der Waals surface area contributed by atoms with Crippen LogP contribution in [-0.2, 0) is 11.2 Å². The van der Waals surface area contributed by atoms with E-state index >= 15 is 0 Å². The summed E-state index contributed by atoms with van der Waals surface area (Å²) >= 11 is 1.06. The van der Waals surface area contributed by atoms with Crippen LogP contribution in [0.25, 0.3) is 10.6 Å². The van der Waals surface area contributed by atoms with E-state index in [2.05, 4.69) is 9.97 Å². The molecule has 2 aliphatic heterocycles. The molecule has 1 fully saturated rings. The Kier molecular flexibility index (Phi) is 6.17. The topological polar surface area (TPSA) is 95.9 Å². The molecule has 2 aromatic heterocycles. The smallest absolute Gasteiger partial charge is 0.417 e. The minimum absolute atomic E-state index is 0.107. The van der Waals surface area contributed by atoms with Crippen molar-refractivity contribution in [2.45, 2.75) is 45.6 Å². The van der Waals surface area contributed by atoms with Crippen LogP contribution in [0.4, 0.5) is 15.0 Å². The molecule has 0 radical (unpaired) electrons. The Morgan fingerprint density at radius 1 is 1.31 bits per heavy atom. The van der Waals surface area contributed by atoms with E-state index in [1.807, 2.05) is 4.90 Å². The van der Waals surface area contributed by atoms with Gasteiger partial charge < -0.3 is 14.7 Å². The van der Waals surface area contributed by atoms with Crippen molar-refractivity contribution in [2.75, 3.05) is 31.1 Å². The highest BCUT2D eigenvalue weighted by Gasteiger charge is 2.35. The summed E-state index contributed by atoms with van der Waals surface area (Å²) in [6.07, 6.45) is 1.57. The highest BCUT2D eigenvalue weighted by atomic mass is 32.1. The molecule has 2 amide bonds. The van der Waals surface area contributed by atoms with Crippen molar-refractivity contribution in [2.24, 2.45) is 5.92 Å². The molecule has 172 valence electrons. The molecule has 4 heterocycles. The van der Waals surface area contributed by atoms with Crippen molar-refractivity contribution in [1.82, 2.24) is 14.9 Å². The molecule has 0 spiro atoms. The summed E-state index contributed by atoms with van der Waals surface area (Å²) in [5.74, 6) is -0.440. The van der Waals surface area contributed by atoms with Gasteiger partial charge >= 0.3 is 6.09 Å². The number of aliphatic hydroxyl groups excluding tert-OH is 1. The Morgan fingerprint density at radius 3 is 2.78 bits per heavy atom. The summed E-state index contributed by atoms with van der Waals surface area (Å²) in [7, 11) is 0. The maximum atomic E-state index is 14.9. The van der Waals surface area contributed by atoms with Crippen molar-refractivity contribution < 1.29 is 23.8 Å². The van der Waals surface area contributed by atoms with Crippen LogP contribution >= 0.6 is 11.3 Å². The van der Waals surface area contributed by atoms with Crippen LogP contribution in [0.5, 0.6) is 0 Å². The molecule has 8 nitrogen and oxygen atoms in total. The molecule has 1 saturated heterocycles. The van der Waals surface area contributed by atoms with E-state index in [-0.39, 0.29) is 24.6 Å². The third kappa shape index (κ3) is 4.61. The number of hydrogen-bond donors (Lipinski definition) is 1. The van der Waals surface area contributed by atoms with E-state index in [0.29, 0.717) is 34.4 Å². The number of nitrogens with zero attached hydrogens (tertiary/aromatic N) is 4. The van der Waals surface area contributed by atoms with Gasteiger partial charge in [0.2, 0.25) is 5.95 Å². The molecule has 10 heteroatoms. The monoisotopic (exact) mass is 462 g/mol. The zero-order valence-electron chi connectivity index (χ0n) is 18.4. The number of pyridine rings is 1. The van der Waals surface area contributed by atoms with E-state index in [9.17, 15) is 19.1 Å². The summed E-state index contributed by atoms with van der Waals surface area (Å²) in [6.45, 7) is 6.90. The van der Waals surface area contributed by atoms with Gasteiger partial charge in [-0.3, -0.25) is 4.79 Å². The van der Waals surface area contributed by atoms with Crippen LogP contribution in [0, 0.1) is 11.9 Å². The quantitative estimate of drug-likeness (QED) is 0.698. The van der Waals surface area contributed by atoms with Crippen LogP contribution < -0.4 is 4.90 Å². The maximum Gasteiger partial charge on any atom is 0.417 e. The lowest BCUT2D eigenvalue weighted by molar-refractivity contribution is 0.0235. The molecule has 0 bridgehead atoms. The van der Waals surface area contributed by atoms with Gasteiger partial charge in [0.05, 0.1) is 11.3 Å². The van der Waals surface area contributed by atoms with Gasteiger partial charge in [0.25, 0.3) is 5.91 Å². The van der Waals surface area contributed by atoms with Crippen LogP contribution in [-0.4, -0.2) is 63.8 Å². The second kappa shape index (κ2) is 8.74. The van der Waals surface area contributed by atoms with Gasteiger partial charge in [-0.15, -0.1) is 11.3 Å². The molecule has 0 unspecified atom stereocenters. The third-order valence-corrected chi connectivity index (χ3v) is 6.61. The van der Waals surface area contributed by atoms with Gasteiger partial charge in [-0.1, -0.05) is 0 Å². The third-order valence-electron chi connectivity index (χ3n) is 5.49. The average molecular weight is 463 g/mol. The minimum atomic E-state index is -0.710. The maximum absolute atomic E-state index is 14.9. The molecule has 0 saturated carbocycles. The van der Waals surface area contributed by atoms with Gasteiger partial charge in [0.1, 0.15) is 21.3 Å². The predicted octanol–water partition coefficient (Wildman–Crippen LogP) is 3.49. The standard InChI is InChI=1S/C22H27FN4O4S/c1-22(2,3)31-21(30)27-10-8-15-17(20(27)29)32-19(24-15)14-6-7-16(25-18(14)23)26-9-4-5-13(11-26)12-28/h6-7,13,28H,4-5,8-12H2,1-3H3/t13-/m1/s1. The molecular weight excluding hydrogens is 435 g/mol. The number of thiazole rings is 1. The Balaban J connectivity index is 1.55. The predicted molar refractivity (Wildman–Crippen MR) is 118 cm³/mol. The molecular formula is C22H27FN4O4S. The van der Waals surface area contributed by atoms with Crippen molar-refractivity contribution in [3.8, 4) is 10.6 Å². The summed E-state index contributed by atoms with van der Waals surface area (Å²) < 4.78 is 20.3. The molecule has 1 N–H and O–H groups in total. The van der Waals surface area contributed by atoms with E-state index < -0.39 is 23.5 Å². The van der Waals surface area contributed by atoms with Crippen LogP contribution in [0.1, 0.15) is 49.0 Å². The Hall–Kier alpha value is -2.59. The highest BCUT2D eigenvalue weighted by Crippen LogP contribution is 2.34. The van der Waals surface area contributed by atoms with Crippen LogP contribution in [0.3, 0.4) is 0 Å². The normalized spacial score (nSPS) is 19.2. The van der Waals surface area contributed by atoms with Crippen molar-refractivity contribution in [1.29, 1.82) is 0 Å². The average Bonchev–Trinajstić information content (AvgIpc) is 3.17. The van der Waals surface area contributed by atoms with Gasteiger partial charge in [0, 0.05) is 32.7 Å². The number of halogens is 1. The minimum Gasteiger partial charge on any atom is -0.443 e. The first kappa shape index (κ1) is 22.6. The molecule has 0 aromatic carbocycles. The SMILES string of the molecule is CC(C)(C)OC(=O)N1CCc2nc(-c3ccc(N4CCC[C@@H](CO)C4)nc3F)sc2C1=O. The number of ether oxygens (including phenoxy) is 1. The fourth-order valence-corrected chi connectivity index (χ4v) is 4.99. The highest BCUT2D eigenvalue weighted by molar-refractivity contribution is 7.17. The van der Waals surface area contributed by atoms with E-state index in [1.165, 1.54) is 0 Å². The summed E-state index contributed by atoms with van der Waals surface area (Å²) in [4.78, 5) is 37.2. The molecule has 1 atom stereocenters. The number of carbonyl (C=O) groups excluding carboxylic acids is 2. The van der Waals surface area contributed by atoms with Crippen LogP contribution in [0.2, 0.25) is 0 Å². The number of fused-ring (bicyclic) bond motifs is 1. The van der Waals surface area contributed by atoms with Crippen LogP contribution in [0.15, 0.2) is 12.1 Å².